The summed E-state index contributed by atoms with van der Waals surface area (Å²) in [6, 6.07) is 54.0. The van der Waals surface area contributed by atoms with Crippen LogP contribution in [-0.2, 0) is 5.41 Å². The normalized spacial score (nSPS) is 13.2. The van der Waals surface area contributed by atoms with E-state index in [4.69, 9.17) is 9.40 Å². The van der Waals surface area contributed by atoms with Gasteiger partial charge in [-0.1, -0.05) is 141 Å². The molecule has 0 unspecified atom stereocenters. The molecule has 2 nitrogen and oxygen atoms in total. The van der Waals surface area contributed by atoms with Crippen LogP contribution in [0.2, 0.25) is 0 Å². The van der Waals surface area contributed by atoms with Gasteiger partial charge in [-0.3, -0.25) is 0 Å². The molecular weight excluding hydrogens is 558 g/mol. The van der Waals surface area contributed by atoms with E-state index in [0.717, 1.165) is 39.2 Å². The van der Waals surface area contributed by atoms with Crippen molar-refractivity contribution >= 4 is 21.9 Å². The minimum atomic E-state index is -0.135. The largest absolute Gasteiger partial charge is 0.455 e. The van der Waals surface area contributed by atoms with Crippen molar-refractivity contribution < 1.29 is 4.42 Å². The quantitative estimate of drug-likeness (QED) is 0.204. The molecule has 0 fully saturated rings. The molecule has 8 aromatic rings. The fraction of sp³-hybridized carbons (Fsp3) is 0.0682. The molecule has 0 saturated heterocycles. The number of fused-ring (bicyclic) bond motifs is 7. The lowest BCUT2D eigenvalue weighted by molar-refractivity contribution is 0.653. The van der Waals surface area contributed by atoms with Gasteiger partial charge < -0.3 is 4.42 Å². The molecule has 218 valence electrons. The molecule has 0 spiro atoms. The van der Waals surface area contributed by atoms with Crippen molar-refractivity contribution in [1.29, 1.82) is 0 Å². The summed E-state index contributed by atoms with van der Waals surface area (Å²) in [5, 5.41) is 2.35. The highest BCUT2D eigenvalue weighted by molar-refractivity contribution is 6.11. The van der Waals surface area contributed by atoms with Gasteiger partial charge >= 0.3 is 0 Å². The van der Waals surface area contributed by atoms with Gasteiger partial charge in [0, 0.05) is 32.9 Å². The maximum absolute atomic E-state index is 6.48. The third-order valence-electron chi connectivity index (χ3n) is 9.70. The molecule has 0 aliphatic heterocycles. The number of furan rings is 1. The highest BCUT2D eigenvalue weighted by Crippen LogP contribution is 2.53. The maximum atomic E-state index is 6.48. The minimum Gasteiger partial charge on any atom is -0.455 e. The van der Waals surface area contributed by atoms with E-state index in [2.05, 4.69) is 153 Å². The number of benzene rings is 6. The van der Waals surface area contributed by atoms with Crippen LogP contribution in [0.1, 0.15) is 25.0 Å². The zero-order valence-electron chi connectivity index (χ0n) is 25.8. The summed E-state index contributed by atoms with van der Waals surface area (Å²) in [6.45, 7) is 4.66. The van der Waals surface area contributed by atoms with Gasteiger partial charge in [0.1, 0.15) is 11.2 Å². The molecule has 0 saturated carbocycles. The summed E-state index contributed by atoms with van der Waals surface area (Å²) in [6.07, 6.45) is 0. The lowest BCUT2D eigenvalue weighted by atomic mass is 9.81. The summed E-state index contributed by atoms with van der Waals surface area (Å²) in [4.78, 5) is 5.12. The number of para-hydroxylation sites is 1. The van der Waals surface area contributed by atoms with E-state index in [1.54, 1.807) is 0 Å². The van der Waals surface area contributed by atoms with Crippen LogP contribution >= 0.6 is 0 Å². The van der Waals surface area contributed by atoms with Crippen molar-refractivity contribution in [1.82, 2.24) is 4.98 Å². The van der Waals surface area contributed by atoms with Crippen molar-refractivity contribution in [2.75, 3.05) is 0 Å². The minimum absolute atomic E-state index is 0.135. The van der Waals surface area contributed by atoms with Crippen LogP contribution < -0.4 is 0 Å². The monoisotopic (exact) mass is 589 g/mol. The Morgan fingerprint density at radius 2 is 1.04 bits per heavy atom. The van der Waals surface area contributed by atoms with Crippen LogP contribution in [0, 0.1) is 0 Å². The Labute approximate surface area is 268 Å². The van der Waals surface area contributed by atoms with Gasteiger partial charge in [-0.15, -0.1) is 0 Å². The van der Waals surface area contributed by atoms with E-state index in [1.807, 2.05) is 12.1 Å². The topological polar surface area (TPSA) is 26.0 Å². The van der Waals surface area contributed by atoms with Crippen molar-refractivity contribution in [3.8, 4) is 55.9 Å². The Morgan fingerprint density at radius 3 is 1.78 bits per heavy atom. The molecule has 2 heterocycles. The Kier molecular flexibility index (Phi) is 5.88. The van der Waals surface area contributed by atoms with Gasteiger partial charge in [0.25, 0.3) is 0 Å². The molecule has 1 aliphatic rings. The van der Waals surface area contributed by atoms with Gasteiger partial charge in [-0.2, -0.15) is 0 Å². The molecule has 6 aromatic carbocycles. The maximum Gasteiger partial charge on any atom is 0.143 e. The van der Waals surface area contributed by atoms with Crippen LogP contribution in [0.5, 0.6) is 0 Å². The van der Waals surface area contributed by atoms with Crippen LogP contribution in [0.25, 0.3) is 77.8 Å². The number of aromatic nitrogens is 1. The third-order valence-corrected chi connectivity index (χ3v) is 9.70. The zero-order chi connectivity index (χ0) is 30.8. The number of rotatable bonds is 4. The standard InChI is InChI=1S/C44H31NO/c1-44(2)37-24-23-35-34-15-9-10-16-41(34)46-43(35)42(37)36-22-21-32(25-38(36)44)29-17-19-31(20-18-29)40-27-33(28-11-5-3-6-12-28)26-39(45-40)30-13-7-4-8-14-30/h3-27H,1-2H3. The van der Waals surface area contributed by atoms with Gasteiger partial charge in [-0.25, -0.2) is 4.98 Å². The molecule has 0 atom stereocenters. The number of pyridine rings is 1. The van der Waals surface area contributed by atoms with Gasteiger partial charge in [0.05, 0.1) is 11.4 Å². The highest BCUT2D eigenvalue weighted by atomic mass is 16.3. The molecule has 1 aliphatic carbocycles. The molecule has 46 heavy (non-hydrogen) atoms. The molecule has 2 heteroatoms. The predicted molar refractivity (Wildman–Crippen MR) is 191 cm³/mol. The van der Waals surface area contributed by atoms with Crippen molar-refractivity contribution in [2.45, 2.75) is 19.3 Å². The lowest BCUT2D eigenvalue weighted by Crippen LogP contribution is -2.14. The fourth-order valence-corrected chi connectivity index (χ4v) is 7.25. The summed E-state index contributed by atoms with van der Waals surface area (Å²) in [7, 11) is 0. The van der Waals surface area contributed by atoms with Crippen LogP contribution in [0.3, 0.4) is 0 Å². The summed E-state index contributed by atoms with van der Waals surface area (Å²) >= 11 is 0. The Balaban J connectivity index is 1.11. The first kappa shape index (κ1) is 26.7. The van der Waals surface area contributed by atoms with Crippen molar-refractivity contribution in [3.05, 3.63) is 163 Å². The summed E-state index contributed by atoms with van der Waals surface area (Å²) in [5.41, 5.74) is 15.8. The molecule has 0 amide bonds. The smallest absolute Gasteiger partial charge is 0.143 e. The number of nitrogens with zero attached hydrogens (tertiary/aromatic N) is 1. The number of hydrogen-bond donors (Lipinski definition) is 0. The Bertz CT molecular complexity index is 2360. The second kappa shape index (κ2) is 10.2. The molecule has 2 aromatic heterocycles. The van der Waals surface area contributed by atoms with Crippen LogP contribution in [0.4, 0.5) is 0 Å². The second-order valence-corrected chi connectivity index (χ2v) is 12.8. The van der Waals surface area contributed by atoms with E-state index < -0.39 is 0 Å². The summed E-state index contributed by atoms with van der Waals surface area (Å²) < 4.78 is 6.48. The van der Waals surface area contributed by atoms with E-state index in [-0.39, 0.29) is 5.41 Å². The van der Waals surface area contributed by atoms with Crippen LogP contribution in [0.15, 0.2) is 156 Å². The van der Waals surface area contributed by atoms with Crippen molar-refractivity contribution in [3.63, 3.8) is 0 Å². The van der Waals surface area contributed by atoms with Gasteiger partial charge in [0.15, 0.2) is 0 Å². The molecule has 0 bridgehead atoms. The molecule has 0 N–H and O–H groups in total. The lowest BCUT2D eigenvalue weighted by Gasteiger charge is -2.22. The Morgan fingerprint density at radius 1 is 0.457 bits per heavy atom. The number of hydrogen-bond acceptors (Lipinski definition) is 2. The first-order valence-electron chi connectivity index (χ1n) is 15.9. The van der Waals surface area contributed by atoms with E-state index >= 15 is 0 Å². The van der Waals surface area contributed by atoms with E-state index in [0.29, 0.717) is 0 Å². The van der Waals surface area contributed by atoms with Gasteiger partial charge in [-0.05, 0) is 63.2 Å². The first-order valence-corrected chi connectivity index (χ1v) is 15.9. The third kappa shape index (κ3) is 4.14. The fourth-order valence-electron chi connectivity index (χ4n) is 7.25. The van der Waals surface area contributed by atoms with Crippen LogP contribution in [-0.4, -0.2) is 4.98 Å². The molecule has 0 radical (unpaired) electrons. The summed E-state index contributed by atoms with van der Waals surface area (Å²) in [5.74, 6) is 0. The van der Waals surface area contributed by atoms with Crippen molar-refractivity contribution in [2.24, 2.45) is 0 Å². The zero-order valence-corrected chi connectivity index (χ0v) is 25.8. The van der Waals surface area contributed by atoms with E-state index in [1.165, 1.54) is 49.7 Å². The predicted octanol–water partition coefficient (Wildman–Crippen LogP) is 12.0. The first-order chi connectivity index (χ1) is 22.5. The second-order valence-electron chi connectivity index (χ2n) is 12.8. The average Bonchev–Trinajstić information content (AvgIpc) is 3.61. The highest BCUT2D eigenvalue weighted by Gasteiger charge is 2.38. The molecule has 9 rings (SSSR count). The molecular formula is C44H31NO. The van der Waals surface area contributed by atoms with Gasteiger partial charge in [0.2, 0.25) is 0 Å². The van der Waals surface area contributed by atoms with E-state index in [9.17, 15) is 0 Å². The average molecular weight is 590 g/mol. The Hall–Kier alpha value is -5.73. The SMILES string of the molecule is CC1(C)c2cc(-c3ccc(-c4cc(-c5ccccc5)cc(-c5ccccc5)n4)cc3)ccc2-c2c1ccc1c2oc2ccccc21.